The number of nitrogens with one attached hydrogen (secondary N) is 1. The normalized spacial score (nSPS) is 18.4. The molecule has 1 N–H and O–H groups in total. The van der Waals surface area contributed by atoms with Crippen LogP contribution in [0.3, 0.4) is 0 Å². The molecule has 0 radical (unpaired) electrons. The van der Waals surface area contributed by atoms with Gasteiger partial charge >= 0.3 is 0 Å². The van der Waals surface area contributed by atoms with Gasteiger partial charge < -0.3 is 14.6 Å². The molecular formula is C12H19N3O2. The third-order valence-electron chi connectivity index (χ3n) is 2.99. The van der Waals surface area contributed by atoms with E-state index in [0.29, 0.717) is 5.76 Å². The average molecular weight is 237 g/mol. The number of likely N-dealkylation sites (N-methyl/N-ethyl adjacent to an activating group) is 1. The topological polar surface area (TPSA) is 48.7 Å². The van der Waals surface area contributed by atoms with Crippen molar-refractivity contribution in [1.82, 2.24) is 15.1 Å². The predicted molar refractivity (Wildman–Crippen MR) is 64.6 cm³/mol. The molecule has 0 aromatic carbocycles. The van der Waals surface area contributed by atoms with Gasteiger partial charge in [0.05, 0.1) is 6.26 Å². The second kappa shape index (κ2) is 5.33. The summed E-state index contributed by atoms with van der Waals surface area (Å²) in [5.41, 5.74) is 0. The lowest BCUT2D eigenvalue weighted by molar-refractivity contribution is -0.137. The summed E-state index contributed by atoms with van der Waals surface area (Å²) in [5, 5.41) is 3.24. The highest BCUT2D eigenvalue weighted by molar-refractivity contribution is 5.82. The van der Waals surface area contributed by atoms with Crippen LogP contribution >= 0.6 is 0 Å². The van der Waals surface area contributed by atoms with Gasteiger partial charge in [-0.25, -0.2) is 0 Å². The van der Waals surface area contributed by atoms with Gasteiger partial charge in [-0.05, 0) is 26.2 Å². The fraction of sp³-hybridized carbons (Fsp3) is 0.583. The van der Waals surface area contributed by atoms with E-state index >= 15 is 0 Å². The fourth-order valence-corrected chi connectivity index (χ4v) is 2.10. The standard InChI is InChI=1S/C12H19N3O2/c1-14(2)11(10-4-3-9-17-10)12(16)15-7-5-13-6-8-15/h3-4,9,11,13H,5-8H2,1-2H3. The summed E-state index contributed by atoms with van der Waals surface area (Å²) in [6.07, 6.45) is 1.61. The van der Waals surface area contributed by atoms with Crippen molar-refractivity contribution in [2.45, 2.75) is 6.04 Å². The number of nitrogens with zero attached hydrogens (tertiary/aromatic N) is 2. The van der Waals surface area contributed by atoms with E-state index in [0.717, 1.165) is 26.2 Å². The third-order valence-corrected chi connectivity index (χ3v) is 2.99. The molecule has 1 atom stereocenters. The predicted octanol–water partition coefficient (Wildman–Crippen LogP) is 0.314. The number of carbonyl (C=O) groups is 1. The Morgan fingerprint density at radius 2 is 2.18 bits per heavy atom. The molecular weight excluding hydrogens is 218 g/mol. The summed E-state index contributed by atoms with van der Waals surface area (Å²) in [7, 11) is 3.79. The largest absolute Gasteiger partial charge is 0.467 e. The Morgan fingerprint density at radius 3 is 2.71 bits per heavy atom. The summed E-state index contributed by atoms with van der Waals surface area (Å²) in [4.78, 5) is 16.2. The number of hydrogen-bond donors (Lipinski definition) is 1. The first-order valence-electron chi connectivity index (χ1n) is 5.89. The molecule has 1 amide bonds. The molecule has 1 unspecified atom stereocenters. The highest BCUT2D eigenvalue weighted by Gasteiger charge is 2.30. The Hall–Kier alpha value is -1.33. The zero-order valence-corrected chi connectivity index (χ0v) is 10.3. The molecule has 1 aliphatic rings. The maximum Gasteiger partial charge on any atom is 0.247 e. The van der Waals surface area contributed by atoms with E-state index in [1.807, 2.05) is 36.0 Å². The Morgan fingerprint density at radius 1 is 1.47 bits per heavy atom. The summed E-state index contributed by atoms with van der Waals surface area (Å²) in [6, 6.07) is 3.35. The molecule has 5 heteroatoms. The van der Waals surface area contributed by atoms with Crippen molar-refractivity contribution in [3.8, 4) is 0 Å². The Balaban J connectivity index is 2.13. The molecule has 94 valence electrons. The molecule has 1 fully saturated rings. The van der Waals surface area contributed by atoms with Crippen molar-refractivity contribution in [2.24, 2.45) is 0 Å². The Bertz CT molecular complexity index is 356. The number of carbonyl (C=O) groups excluding carboxylic acids is 1. The molecule has 2 rings (SSSR count). The van der Waals surface area contributed by atoms with E-state index in [1.165, 1.54) is 0 Å². The van der Waals surface area contributed by atoms with Crippen molar-refractivity contribution < 1.29 is 9.21 Å². The van der Waals surface area contributed by atoms with Crippen LogP contribution in [-0.4, -0.2) is 56.0 Å². The van der Waals surface area contributed by atoms with Gasteiger partial charge in [-0.2, -0.15) is 0 Å². The lowest BCUT2D eigenvalue weighted by atomic mass is 10.1. The molecule has 5 nitrogen and oxygen atoms in total. The molecule has 1 saturated heterocycles. The smallest absolute Gasteiger partial charge is 0.247 e. The van der Waals surface area contributed by atoms with Gasteiger partial charge in [-0.1, -0.05) is 0 Å². The van der Waals surface area contributed by atoms with Crippen LogP contribution in [0.15, 0.2) is 22.8 Å². The summed E-state index contributed by atoms with van der Waals surface area (Å²) >= 11 is 0. The van der Waals surface area contributed by atoms with Crippen LogP contribution in [0.2, 0.25) is 0 Å². The van der Waals surface area contributed by atoms with Gasteiger partial charge in [0.25, 0.3) is 0 Å². The zero-order chi connectivity index (χ0) is 12.3. The number of rotatable bonds is 3. The van der Waals surface area contributed by atoms with Gasteiger partial charge in [0.2, 0.25) is 5.91 Å². The summed E-state index contributed by atoms with van der Waals surface area (Å²) in [5.74, 6) is 0.824. The zero-order valence-electron chi connectivity index (χ0n) is 10.3. The van der Waals surface area contributed by atoms with Crippen LogP contribution < -0.4 is 5.32 Å². The minimum Gasteiger partial charge on any atom is -0.467 e. The Labute approximate surface area is 101 Å². The molecule has 1 aromatic rings. The van der Waals surface area contributed by atoms with Crippen molar-refractivity contribution >= 4 is 5.91 Å². The van der Waals surface area contributed by atoms with Crippen LogP contribution in [0.5, 0.6) is 0 Å². The van der Waals surface area contributed by atoms with E-state index < -0.39 is 0 Å². The molecule has 0 saturated carbocycles. The van der Waals surface area contributed by atoms with Gasteiger partial charge in [0.1, 0.15) is 11.8 Å². The average Bonchev–Trinajstić information content (AvgIpc) is 2.83. The number of hydrogen-bond acceptors (Lipinski definition) is 4. The minimum atomic E-state index is -0.317. The summed E-state index contributed by atoms with van der Waals surface area (Å²) in [6.45, 7) is 3.27. The number of amides is 1. The first-order chi connectivity index (χ1) is 8.20. The second-order valence-electron chi connectivity index (χ2n) is 4.46. The monoisotopic (exact) mass is 237 g/mol. The number of piperazine rings is 1. The molecule has 0 aliphatic carbocycles. The quantitative estimate of drug-likeness (QED) is 0.822. The molecule has 0 spiro atoms. The van der Waals surface area contributed by atoms with Crippen molar-refractivity contribution in [2.75, 3.05) is 40.3 Å². The maximum atomic E-state index is 12.4. The SMILES string of the molecule is CN(C)C(C(=O)N1CCNCC1)c1ccco1. The molecule has 17 heavy (non-hydrogen) atoms. The lowest BCUT2D eigenvalue weighted by Gasteiger charge is -2.32. The van der Waals surface area contributed by atoms with Crippen molar-refractivity contribution in [3.05, 3.63) is 24.2 Å². The van der Waals surface area contributed by atoms with Crippen molar-refractivity contribution in [3.63, 3.8) is 0 Å². The van der Waals surface area contributed by atoms with Gasteiger partial charge in [0.15, 0.2) is 0 Å². The molecule has 1 aromatic heterocycles. The van der Waals surface area contributed by atoms with E-state index in [-0.39, 0.29) is 11.9 Å². The van der Waals surface area contributed by atoms with Crippen LogP contribution in [0, 0.1) is 0 Å². The van der Waals surface area contributed by atoms with E-state index in [2.05, 4.69) is 5.32 Å². The molecule has 0 bridgehead atoms. The highest BCUT2D eigenvalue weighted by atomic mass is 16.3. The van der Waals surface area contributed by atoms with E-state index in [1.54, 1.807) is 6.26 Å². The fourth-order valence-electron chi connectivity index (χ4n) is 2.10. The number of furan rings is 1. The van der Waals surface area contributed by atoms with Crippen LogP contribution in [0.25, 0.3) is 0 Å². The lowest BCUT2D eigenvalue weighted by Crippen LogP contribution is -2.49. The van der Waals surface area contributed by atoms with Gasteiger partial charge in [-0.3, -0.25) is 9.69 Å². The molecule has 1 aliphatic heterocycles. The van der Waals surface area contributed by atoms with Crippen LogP contribution in [0.1, 0.15) is 11.8 Å². The Kier molecular flexibility index (Phi) is 3.81. The first-order valence-corrected chi connectivity index (χ1v) is 5.89. The van der Waals surface area contributed by atoms with Gasteiger partial charge in [-0.15, -0.1) is 0 Å². The highest BCUT2D eigenvalue weighted by Crippen LogP contribution is 2.21. The van der Waals surface area contributed by atoms with Gasteiger partial charge in [0, 0.05) is 26.2 Å². The second-order valence-corrected chi connectivity index (χ2v) is 4.46. The maximum absolute atomic E-state index is 12.4. The van der Waals surface area contributed by atoms with Crippen LogP contribution in [-0.2, 0) is 4.79 Å². The first kappa shape index (κ1) is 12.1. The minimum absolute atomic E-state index is 0.117. The van der Waals surface area contributed by atoms with E-state index in [4.69, 9.17) is 4.42 Å². The summed E-state index contributed by atoms with van der Waals surface area (Å²) < 4.78 is 5.36. The van der Waals surface area contributed by atoms with Crippen molar-refractivity contribution in [1.29, 1.82) is 0 Å². The molecule has 2 heterocycles. The third kappa shape index (κ3) is 2.68. The van der Waals surface area contributed by atoms with Crippen LogP contribution in [0.4, 0.5) is 0 Å². The van der Waals surface area contributed by atoms with E-state index in [9.17, 15) is 4.79 Å².